The SMILES string of the molecule is CCS(=O)(=O)c1ccc(Cl)cc1Cc1cc(CN2CCNCC2)c(OC(F)(F)F)cc1C(N)=O. The number of carbonyl (C=O) groups excluding carboxylic acids is 1. The molecule has 0 atom stereocenters. The topological polar surface area (TPSA) is 102 Å². The smallest absolute Gasteiger partial charge is 0.405 e. The molecule has 0 unspecified atom stereocenters. The fraction of sp³-hybridized carbons (Fsp3) is 0.409. The molecule has 2 aromatic carbocycles. The number of rotatable bonds is 8. The molecule has 12 heteroatoms. The number of hydrogen-bond donors (Lipinski definition) is 2. The van der Waals surface area contributed by atoms with Gasteiger partial charge in [0.15, 0.2) is 9.84 Å². The first-order valence-electron chi connectivity index (χ1n) is 10.5. The predicted molar refractivity (Wildman–Crippen MR) is 122 cm³/mol. The molecule has 1 aliphatic rings. The highest BCUT2D eigenvalue weighted by molar-refractivity contribution is 7.91. The Morgan fingerprint density at radius 1 is 1.15 bits per heavy atom. The first-order valence-corrected chi connectivity index (χ1v) is 12.6. The first kappa shape index (κ1) is 26.3. The second kappa shape index (κ2) is 10.5. The summed E-state index contributed by atoms with van der Waals surface area (Å²) in [7, 11) is -3.63. The number of halogens is 4. The maximum Gasteiger partial charge on any atom is 0.573 e. The van der Waals surface area contributed by atoms with Crippen LogP contribution in [0, 0.1) is 0 Å². The van der Waals surface area contributed by atoms with Crippen molar-refractivity contribution in [1.29, 1.82) is 0 Å². The van der Waals surface area contributed by atoms with Crippen LogP contribution < -0.4 is 15.8 Å². The summed E-state index contributed by atoms with van der Waals surface area (Å²) in [6.45, 7) is 4.24. The summed E-state index contributed by atoms with van der Waals surface area (Å²) in [5, 5.41) is 3.45. The summed E-state index contributed by atoms with van der Waals surface area (Å²) in [5.74, 6) is -1.63. The number of hydrogen-bond acceptors (Lipinski definition) is 6. The molecule has 34 heavy (non-hydrogen) atoms. The van der Waals surface area contributed by atoms with Gasteiger partial charge in [-0.05, 0) is 47.9 Å². The van der Waals surface area contributed by atoms with Gasteiger partial charge in [0.1, 0.15) is 5.75 Å². The van der Waals surface area contributed by atoms with E-state index >= 15 is 0 Å². The van der Waals surface area contributed by atoms with Gasteiger partial charge < -0.3 is 15.8 Å². The van der Waals surface area contributed by atoms with Gasteiger partial charge >= 0.3 is 6.36 Å². The van der Waals surface area contributed by atoms with Crippen molar-refractivity contribution in [2.45, 2.75) is 31.1 Å². The van der Waals surface area contributed by atoms with Crippen LogP contribution in [0.25, 0.3) is 0 Å². The Kier molecular flexibility index (Phi) is 8.12. The zero-order chi connectivity index (χ0) is 25.1. The van der Waals surface area contributed by atoms with Crippen molar-refractivity contribution in [3.8, 4) is 5.75 Å². The molecule has 3 rings (SSSR count). The molecule has 0 aromatic heterocycles. The van der Waals surface area contributed by atoms with E-state index in [1.165, 1.54) is 31.2 Å². The lowest BCUT2D eigenvalue weighted by Gasteiger charge is -2.28. The van der Waals surface area contributed by atoms with Crippen LogP contribution in [0.5, 0.6) is 5.75 Å². The number of ether oxygens (including phenoxy) is 1. The van der Waals surface area contributed by atoms with E-state index in [9.17, 15) is 26.4 Å². The van der Waals surface area contributed by atoms with Crippen molar-refractivity contribution in [2.24, 2.45) is 5.73 Å². The number of sulfone groups is 1. The van der Waals surface area contributed by atoms with Crippen molar-refractivity contribution in [1.82, 2.24) is 10.2 Å². The summed E-state index contributed by atoms with van der Waals surface area (Å²) in [6.07, 6.45) is -5.04. The second-order valence-electron chi connectivity index (χ2n) is 7.89. The highest BCUT2D eigenvalue weighted by atomic mass is 35.5. The summed E-state index contributed by atoms with van der Waals surface area (Å²) < 4.78 is 68.7. The van der Waals surface area contributed by atoms with Crippen LogP contribution in [0.15, 0.2) is 35.2 Å². The van der Waals surface area contributed by atoms with Gasteiger partial charge in [-0.15, -0.1) is 13.2 Å². The number of benzene rings is 2. The molecule has 1 heterocycles. The number of amides is 1. The Morgan fingerprint density at radius 2 is 1.82 bits per heavy atom. The zero-order valence-electron chi connectivity index (χ0n) is 18.4. The maximum atomic E-state index is 13.1. The summed E-state index contributed by atoms with van der Waals surface area (Å²) >= 11 is 6.09. The molecular formula is C22H25ClF3N3O4S. The number of piperazine rings is 1. The van der Waals surface area contributed by atoms with Crippen molar-refractivity contribution in [3.05, 3.63) is 57.6 Å². The van der Waals surface area contributed by atoms with E-state index in [2.05, 4.69) is 10.1 Å². The summed E-state index contributed by atoms with van der Waals surface area (Å²) in [5.41, 5.74) is 6.09. The van der Waals surface area contributed by atoms with Crippen LogP contribution >= 0.6 is 11.6 Å². The van der Waals surface area contributed by atoms with Crippen molar-refractivity contribution in [2.75, 3.05) is 31.9 Å². The van der Waals surface area contributed by atoms with Crippen LogP contribution in [-0.2, 0) is 22.8 Å². The molecule has 1 fully saturated rings. The molecule has 1 saturated heterocycles. The van der Waals surface area contributed by atoms with Crippen LogP contribution in [0.2, 0.25) is 5.02 Å². The maximum absolute atomic E-state index is 13.1. The minimum atomic E-state index is -4.97. The van der Waals surface area contributed by atoms with E-state index in [0.717, 1.165) is 6.07 Å². The van der Waals surface area contributed by atoms with E-state index in [0.29, 0.717) is 31.7 Å². The lowest BCUT2D eigenvalue weighted by Crippen LogP contribution is -2.43. The molecule has 0 radical (unpaired) electrons. The Hall–Kier alpha value is -2.34. The van der Waals surface area contributed by atoms with Crippen LogP contribution in [-0.4, -0.2) is 57.5 Å². The molecule has 0 saturated carbocycles. The fourth-order valence-electron chi connectivity index (χ4n) is 3.85. The Labute approximate surface area is 200 Å². The zero-order valence-corrected chi connectivity index (χ0v) is 20.0. The number of alkyl halides is 3. The lowest BCUT2D eigenvalue weighted by molar-refractivity contribution is -0.275. The minimum absolute atomic E-state index is 0.0362. The van der Waals surface area contributed by atoms with E-state index < -0.39 is 27.9 Å². The Balaban J connectivity index is 2.12. The van der Waals surface area contributed by atoms with Gasteiger partial charge in [0.05, 0.1) is 10.6 Å². The number of nitrogens with one attached hydrogen (secondary N) is 1. The van der Waals surface area contributed by atoms with Crippen LogP contribution in [0.1, 0.15) is 34.0 Å². The molecule has 3 N–H and O–H groups in total. The molecule has 0 spiro atoms. The van der Waals surface area contributed by atoms with Gasteiger partial charge in [-0.3, -0.25) is 9.69 Å². The largest absolute Gasteiger partial charge is 0.573 e. The monoisotopic (exact) mass is 519 g/mol. The van der Waals surface area contributed by atoms with Crippen molar-refractivity contribution in [3.63, 3.8) is 0 Å². The van der Waals surface area contributed by atoms with E-state index in [-0.39, 0.29) is 45.3 Å². The van der Waals surface area contributed by atoms with Crippen LogP contribution in [0.3, 0.4) is 0 Å². The molecule has 2 aromatic rings. The standard InChI is InChI=1S/C22H25ClF3N3O4S/c1-2-34(31,32)20-4-3-17(23)11-15(20)9-14-10-16(13-29-7-5-28-6-8-29)19(33-22(24,25)26)12-18(14)21(27)30/h3-4,10-12,28H,2,5-9,13H2,1H3,(H2,27,30). The lowest BCUT2D eigenvalue weighted by atomic mass is 9.96. The van der Waals surface area contributed by atoms with Crippen molar-refractivity contribution >= 4 is 27.3 Å². The van der Waals surface area contributed by atoms with E-state index in [1.54, 1.807) is 0 Å². The quantitative estimate of drug-likeness (QED) is 0.555. The van der Waals surface area contributed by atoms with Gasteiger partial charge in [-0.2, -0.15) is 0 Å². The Bertz CT molecular complexity index is 1170. The third-order valence-electron chi connectivity index (χ3n) is 5.50. The van der Waals surface area contributed by atoms with Gasteiger partial charge in [-0.1, -0.05) is 18.5 Å². The number of nitrogens with two attached hydrogens (primary N) is 1. The third-order valence-corrected chi connectivity index (χ3v) is 7.56. The van der Waals surface area contributed by atoms with E-state index in [1.807, 2.05) is 4.90 Å². The van der Waals surface area contributed by atoms with Gasteiger partial charge in [0.2, 0.25) is 5.91 Å². The number of nitrogens with zero attached hydrogens (tertiary/aromatic N) is 1. The fourth-order valence-corrected chi connectivity index (χ4v) is 5.17. The van der Waals surface area contributed by atoms with Gasteiger partial charge in [0, 0.05) is 48.9 Å². The van der Waals surface area contributed by atoms with Gasteiger partial charge in [0.25, 0.3) is 0 Å². The van der Waals surface area contributed by atoms with Gasteiger partial charge in [-0.25, -0.2) is 8.42 Å². The molecular weight excluding hydrogens is 495 g/mol. The summed E-state index contributed by atoms with van der Waals surface area (Å²) in [4.78, 5) is 14.1. The van der Waals surface area contributed by atoms with Crippen molar-refractivity contribution < 1.29 is 31.1 Å². The molecule has 1 aliphatic heterocycles. The highest BCUT2D eigenvalue weighted by Crippen LogP contribution is 2.33. The molecule has 186 valence electrons. The molecule has 1 amide bonds. The molecule has 0 aliphatic carbocycles. The average molecular weight is 520 g/mol. The minimum Gasteiger partial charge on any atom is -0.405 e. The average Bonchev–Trinajstić information content (AvgIpc) is 2.75. The molecule has 0 bridgehead atoms. The summed E-state index contributed by atoms with van der Waals surface area (Å²) in [6, 6.07) is 6.68. The highest BCUT2D eigenvalue weighted by Gasteiger charge is 2.33. The predicted octanol–water partition coefficient (Wildman–Crippen LogP) is 3.13. The van der Waals surface area contributed by atoms with Crippen LogP contribution in [0.4, 0.5) is 13.2 Å². The second-order valence-corrected chi connectivity index (χ2v) is 10.6. The first-order chi connectivity index (χ1) is 15.9. The number of primary amides is 1. The third kappa shape index (κ3) is 6.62. The molecule has 7 nitrogen and oxygen atoms in total. The normalized spacial score (nSPS) is 15.3. The van der Waals surface area contributed by atoms with E-state index in [4.69, 9.17) is 17.3 Å². The number of carbonyl (C=O) groups is 1. The Morgan fingerprint density at radius 3 is 2.41 bits per heavy atom.